The standard InChI is InChI=1S/C22H18F6N2O2S/c1-20(2,30-33(31,32)18-8-4-7-17(13-18)21(23,24)25)16-6-3-5-14(11-16)15-9-10-29-19(12-15)22(26,27)28/h3-13,30H,1-2H3. The third-order valence-corrected chi connectivity index (χ3v) is 6.48. The molecule has 11 heteroatoms. The highest BCUT2D eigenvalue weighted by Gasteiger charge is 2.34. The van der Waals surface area contributed by atoms with E-state index in [9.17, 15) is 34.8 Å². The maximum absolute atomic E-state index is 13.0. The number of alkyl halides is 6. The predicted molar refractivity (Wildman–Crippen MR) is 109 cm³/mol. The Morgan fingerprint density at radius 1 is 0.758 bits per heavy atom. The first-order chi connectivity index (χ1) is 15.1. The van der Waals surface area contributed by atoms with Gasteiger partial charge >= 0.3 is 12.4 Å². The first kappa shape index (κ1) is 24.7. The second kappa shape index (κ2) is 8.45. The summed E-state index contributed by atoms with van der Waals surface area (Å²) in [5, 5.41) is 0. The van der Waals surface area contributed by atoms with Crippen molar-refractivity contribution in [3.8, 4) is 11.1 Å². The van der Waals surface area contributed by atoms with Crippen LogP contribution in [-0.2, 0) is 27.9 Å². The van der Waals surface area contributed by atoms with Gasteiger partial charge in [-0.05, 0) is 66.9 Å². The quantitative estimate of drug-likeness (QED) is 0.448. The van der Waals surface area contributed by atoms with Crippen LogP contribution >= 0.6 is 0 Å². The summed E-state index contributed by atoms with van der Waals surface area (Å²) in [6.45, 7) is 2.98. The molecule has 0 unspecified atom stereocenters. The number of hydrogen-bond acceptors (Lipinski definition) is 3. The lowest BCUT2D eigenvalue weighted by Crippen LogP contribution is -2.41. The molecule has 4 nitrogen and oxygen atoms in total. The molecule has 2 aromatic carbocycles. The van der Waals surface area contributed by atoms with Crippen LogP contribution in [-0.4, -0.2) is 13.4 Å². The summed E-state index contributed by atoms with van der Waals surface area (Å²) in [6, 6.07) is 11.7. The molecule has 0 atom stereocenters. The highest BCUT2D eigenvalue weighted by molar-refractivity contribution is 7.89. The van der Waals surface area contributed by atoms with Gasteiger partial charge in [-0.3, -0.25) is 4.98 Å². The summed E-state index contributed by atoms with van der Waals surface area (Å²) in [5.74, 6) is 0. The van der Waals surface area contributed by atoms with Crippen molar-refractivity contribution in [1.29, 1.82) is 0 Å². The van der Waals surface area contributed by atoms with Gasteiger partial charge in [0.25, 0.3) is 0 Å². The lowest BCUT2D eigenvalue weighted by atomic mass is 9.92. The highest BCUT2D eigenvalue weighted by Crippen LogP contribution is 2.33. The lowest BCUT2D eigenvalue weighted by molar-refractivity contribution is -0.141. The molecule has 176 valence electrons. The van der Waals surface area contributed by atoms with E-state index in [1.807, 2.05) is 0 Å². The van der Waals surface area contributed by atoms with E-state index in [0.717, 1.165) is 30.5 Å². The number of hydrogen-bond donors (Lipinski definition) is 1. The molecule has 1 aromatic heterocycles. The van der Waals surface area contributed by atoms with Gasteiger partial charge in [-0.15, -0.1) is 0 Å². The first-order valence-corrected chi connectivity index (χ1v) is 10.9. The monoisotopic (exact) mass is 488 g/mol. The van der Waals surface area contributed by atoms with Crippen LogP contribution in [0.15, 0.2) is 71.8 Å². The van der Waals surface area contributed by atoms with Gasteiger partial charge in [0.05, 0.1) is 16.0 Å². The van der Waals surface area contributed by atoms with E-state index < -0.39 is 44.1 Å². The van der Waals surface area contributed by atoms with Gasteiger partial charge in [-0.2, -0.15) is 26.3 Å². The van der Waals surface area contributed by atoms with Crippen LogP contribution in [0.25, 0.3) is 11.1 Å². The van der Waals surface area contributed by atoms with Gasteiger partial charge in [-0.25, -0.2) is 13.1 Å². The van der Waals surface area contributed by atoms with E-state index in [2.05, 4.69) is 9.71 Å². The Balaban J connectivity index is 1.94. The Hall–Kier alpha value is -2.92. The van der Waals surface area contributed by atoms with Gasteiger partial charge in [0.1, 0.15) is 5.69 Å². The molecule has 3 rings (SSSR count). The number of sulfonamides is 1. The molecule has 0 amide bonds. The van der Waals surface area contributed by atoms with Crippen LogP contribution in [0.2, 0.25) is 0 Å². The van der Waals surface area contributed by atoms with Crippen LogP contribution in [0.4, 0.5) is 26.3 Å². The smallest absolute Gasteiger partial charge is 0.252 e. The fraction of sp³-hybridized carbons (Fsp3) is 0.227. The predicted octanol–water partition coefficient (Wildman–Crippen LogP) is 6.00. The minimum absolute atomic E-state index is 0.218. The van der Waals surface area contributed by atoms with Gasteiger partial charge in [0.2, 0.25) is 10.0 Å². The summed E-state index contributed by atoms with van der Waals surface area (Å²) in [4.78, 5) is 2.75. The van der Waals surface area contributed by atoms with Crippen molar-refractivity contribution in [2.75, 3.05) is 0 Å². The van der Waals surface area contributed by atoms with Crippen LogP contribution in [0.1, 0.15) is 30.7 Å². The Labute approximate surface area is 186 Å². The molecule has 0 aliphatic rings. The largest absolute Gasteiger partial charge is 0.433 e. The molecule has 0 saturated heterocycles. The van der Waals surface area contributed by atoms with E-state index in [-0.39, 0.29) is 5.56 Å². The molecule has 0 fully saturated rings. The highest BCUT2D eigenvalue weighted by atomic mass is 32.2. The summed E-state index contributed by atoms with van der Waals surface area (Å²) in [7, 11) is -4.36. The van der Waals surface area contributed by atoms with Gasteiger partial charge in [-0.1, -0.05) is 24.3 Å². The average molecular weight is 488 g/mol. The SMILES string of the molecule is CC(C)(NS(=O)(=O)c1cccc(C(F)(F)F)c1)c1cccc(-c2ccnc(C(F)(F)F)c2)c1. The number of nitrogens with one attached hydrogen (secondary N) is 1. The van der Waals surface area contributed by atoms with Crippen LogP contribution in [0.3, 0.4) is 0 Å². The zero-order chi connectivity index (χ0) is 24.7. The second-order valence-corrected chi connectivity index (χ2v) is 9.45. The zero-order valence-electron chi connectivity index (χ0n) is 17.3. The number of nitrogens with zero attached hydrogens (tertiary/aromatic N) is 1. The van der Waals surface area contributed by atoms with Crippen molar-refractivity contribution in [1.82, 2.24) is 9.71 Å². The maximum atomic E-state index is 13.0. The van der Waals surface area contributed by atoms with Crippen LogP contribution in [0.5, 0.6) is 0 Å². The molecular weight excluding hydrogens is 470 g/mol. The fourth-order valence-electron chi connectivity index (χ4n) is 3.15. The van der Waals surface area contributed by atoms with E-state index >= 15 is 0 Å². The molecule has 1 heterocycles. The van der Waals surface area contributed by atoms with Gasteiger partial charge < -0.3 is 0 Å². The van der Waals surface area contributed by atoms with Crippen molar-refractivity contribution in [3.05, 3.63) is 83.7 Å². The minimum atomic E-state index is -4.71. The van der Waals surface area contributed by atoms with Crippen molar-refractivity contribution in [3.63, 3.8) is 0 Å². The number of pyridine rings is 1. The number of benzene rings is 2. The first-order valence-electron chi connectivity index (χ1n) is 9.45. The minimum Gasteiger partial charge on any atom is -0.252 e. The van der Waals surface area contributed by atoms with E-state index in [1.165, 1.54) is 26.0 Å². The third-order valence-electron chi connectivity index (χ3n) is 4.83. The van der Waals surface area contributed by atoms with Crippen molar-refractivity contribution in [2.24, 2.45) is 0 Å². The number of rotatable bonds is 5. The summed E-state index contributed by atoms with van der Waals surface area (Å²) < 4.78 is 106. The van der Waals surface area contributed by atoms with Crippen LogP contribution < -0.4 is 4.72 Å². The van der Waals surface area contributed by atoms with Crippen molar-refractivity contribution >= 4 is 10.0 Å². The van der Waals surface area contributed by atoms with Crippen molar-refractivity contribution < 1.29 is 34.8 Å². The average Bonchev–Trinajstić information content (AvgIpc) is 2.72. The molecule has 0 spiro atoms. The molecular formula is C22H18F6N2O2S. The maximum Gasteiger partial charge on any atom is 0.433 e. The van der Waals surface area contributed by atoms with Gasteiger partial charge in [0.15, 0.2) is 0 Å². The number of aromatic nitrogens is 1. The molecule has 0 aliphatic heterocycles. The molecule has 0 bridgehead atoms. The Morgan fingerprint density at radius 2 is 1.36 bits per heavy atom. The summed E-state index contributed by atoms with van der Waals surface area (Å²) in [6.07, 6.45) is -8.32. The molecule has 0 radical (unpaired) electrons. The molecule has 3 aromatic rings. The lowest BCUT2D eigenvalue weighted by Gasteiger charge is -2.27. The summed E-state index contributed by atoms with van der Waals surface area (Å²) >= 11 is 0. The fourth-order valence-corrected chi connectivity index (χ4v) is 4.59. The second-order valence-electron chi connectivity index (χ2n) is 7.76. The Kier molecular flexibility index (Phi) is 6.33. The van der Waals surface area contributed by atoms with E-state index in [1.54, 1.807) is 18.2 Å². The van der Waals surface area contributed by atoms with E-state index in [4.69, 9.17) is 0 Å². The van der Waals surface area contributed by atoms with Crippen molar-refractivity contribution in [2.45, 2.75) is 36.6 Å². The molecule has 0 aliphatic carbocycles. The molecule has 1 N–H and O–H groups in total. The normalized spacial score (nSPS) is 13.2. The van der Waals surface area contributed by atoms with E-state index in [0.29, 0.717) is 17.2 Å². The number of halogens is 6. The summed E-state index contributed by atoms with van der Waals surface area (Å²) in [5.41, 5.74) is -2.50. The third kappa shape index (κ3) is 5.72. The Bertz CT molecular complexity index is 1270. The molecule has 33 heavy (non-hydrogen) atoms. The topological polar surface area (TPSA) is 59.1 Å². The Morgan fingerprint density at radius 3 is 2.00 bits per heavy atom. The van der Waals surface area contributed by atoms with Gasteiger partial charge in [0, 0.05) is 6.20 Å². The zero-order valence-corrected chi connectivity index (χ0v) is 18.1. The molecule has 0 saturated carbocycles. The van der Waals surface area contributed by atoms with Crippen LogP contribution in [0, 0.1) is 0 Å².